The van der Waals surface area contributed by atoms with E-state index in [2.05, 4.69) is 13.8 Å². The molecule has 0 aliphatic rings. The fourth-order valence-electron chi connectivity index (χ4n) is 1.96. The predicted molar refractivity (Wildman–Crippen MR) is 107 cm³/mol. The number of ether oxygens (including phenoxy) is 1. The molecule has 0 amide bonds. The molecule has 1 unspecified atom stereocenters. The zero-order chi connectivity index (χ0) is 16.8. The Morgan fingerprint density at radius 1 is 1.08 bits per heavy atom. The van der Waals surface area contributed by atoms with Crippen LogP contribution in [0.25, 0.3) is 0 Å². The monoisotopic (exact) mass is 376 g/mol. The summed E-state index contributed by atoms with van der Waals surface area (Å²) in [5.74, 6) is 1.44. The van der Waals surface area contributed by atoms with Crippen LogP contribution in [0, 0.1) is 5.92 Å². The van der Waals surface area contributed by atoms with Gasteiger partial charge in [-0.05, 0) is 50.5 Å². The number of halogens is 2. The van der Waals surface area contributed by atoms with Crippen molar-refractivity contribution in [2.24, 2.45) is 5.92 Å². The van der Waals surface area contributed by atoms with E-state index in [1.807, 2.05) is 24.3 Å². The molecule has 124 valence electrons. The van der Waals surface area contributed by atoms with Gasteiger partial charge in [0, 0.05) is 0 Å². The maximum atomic E-state index is 12.4. The Morgan fingerprint density at radius 3 is 2.21 bits per heavy atom. The molecule has 0 heterocycles. The molecule has 0 N–H and O–H groups in total. The first-order chi connectivity index (χ1) is 11.0. The van der Waals surface area contributed by atoms with Crippen molar-refractivity contribution in [2.45, 2.75) is 20.3 Å². The summed E-state index contributed by atoms with van der Waals surface area (Å²) >= 11 is 12.2. The van der Waals surface area contributed by atoms with Gasteiger partial charge in [0.2, 0.25) is 0 Å². The van der Waals surface area contributed by atoms with Crippen LogP contribution in [0.1, 0.15) is 30.6 Å². The van der Waals surface area contributed by atoms with Crippen molar-refractivity contribution < 1.29 is 9.53 Å². The van der Waals surface area contributed by atoms with E-state index in [0.717, 1.165) is 17.5 Å². The third-order valence-corrected chi connectivity index (χ3v) is 4.99. The van der Waals surface area contributed by atoms with E-state index in [1.165, 1.54) is 0 Å². The number of rotatable bonds is 7. The molecule has 2 nitrogen and oxygen atoms in total. The standard InChI is InChI=1S/C18H19Cl2O2P.Li.H/c1-12(2)10-11-22-13-6-8-14(9-7-13)23-18(21)17-15(19)4-3-5-16(17)20;;/h3-9,12,23H,10-11H2,1-2H3;;. The molecule has 2 rings (SSSR count). The molecule has 0 aliphatic carbocycles. The van der Waals surface area contributed by atoms with Crippen LogP contribution in [0.2, 0.25) is 10.0 Å². The van der Waals surface area contributed by atoms with Gasteiger partial charge in [-0.3, -0.25) is 4.79 Å². The van der Waals surface area contributed by atoms with Gasteiger partial charge in [0.25, 0.3) is 0 Å². The van der Waals surface area contributed by atoms with Gasteiger partial charge in [0.15, 0.2) is 5.52 Å². The SMILES string of the molecule is CC(C)CCOc1ccc(PC(=O)c2c(Cl)cccc2Cl)cc1.[LiH]. The molecule has 0 aromatic heterocycles. The molecule has 1 atom stereocenters. The van der Waals surface area contributed by atoms with E-state index in [0.29, 0.717) is 28.1 Å². The van der Waals surface area contributed by atoms with Crippen LogP contribution in [0.15, 0.2) is 42.5 Å². The first-order valence-electron chi connectivity index (χ1n) is 7.45. The Hall–Kier alpha value is -0.483. The second-order valence-electron chi connectivity index (χ2n) is 5.61. The predicted octanol–water partition coefficient (Wildman–Crippen LogP) is 4.91. The van der Waals surface area contributed by atoms with Crippen LogP contribution in [0.3, 0.4) is 0 Å². The second kappa shape index (κ2) is 10.5. The zero-order valence-corrected chi connectivity index (χ0v) is 15.6. The molecule has 0 fully saturated rings. The summed E-state index contributed by atoms with van der Waals surface area (Å²) in [4.78, 5) is 12.4. The third-order valence-electron chi connectivity index (χ3n) is 3.27. The number of carbonyl (C=O) groups is 1. The number of carbonyl (C=O) groups excluding carboxylic acids is 1. The van der Waals surface area contributed by atoms with E-state index in [-0.39, 0.29) is 33.0 Å². The van der Waals surface area contributed by atoms with E-state index < -0.39 is 0 Å². The Kier molecular flexibility index (Phi) is 9.43. The van der Waals surface area contributed by atoms with Crippen molar-refractivity contribution in [1.29, 1.82) is 0 Å². The van der Waals surface area contributed by atoms with Gasteiger partial charge in [0.05, 0.1) is 22.2 Å². The van der Waals surface area contributed by atoms with E-state index in [4.69, 9.17) is 27.9 Å². The van der Waals surface area contributed by atoms with Crippen molar-refractivity contribution in [2.75, 3.05) is 6.61 Å². The van der Waals surface area contributed by atoms with Gasteiger partial charge in [-0.15, -0.1) is 0 Å². The van der Waals surface area contributed by atoms with Crippen LogP contribution in [0.4, 0.5) is 0 Å². The van der Waals surface area contributed by atoms with Crippen LogP contribution in [-0.2, 0) is 0 Å². The molecule has 2 aromatic rings. The Bertz CT molecular complexity index is 655. The van der Waals surface area contributed by atoms with Crippen LogP contribution in [0.5, 0.6) is 5.75 Å². The first-order valence-corrected chi connectivity index (χ1v) is 9.21. The molecule has 0 aliphatic heterocycles. The van der Waals surface area contributed by atoms with Crippen LogP contribution >= 0.6 is 31.8 Å². The van der Waals surface area contributed by atoms with E-state index in [9.17, 15) is 4.79 Å². The number of benzene rings is 2. The summed E-state index contributed by atoms with van der Waals surface area (Å²) in [5, 5.41) is 1.72. The maximum absolute atomic E-state index is 12.4. The normalized spacial score (nSPS) is 10.9. The molecular weight excluding hydrogens is 357 g/mol. The molecule has 0 bridgehead atoms. The number of hydrogen-bond donors (Lipinski definition) is 0. The molecule has 0 radical (unpaired) electrons. The molecule has 0 spiro atoms. The van der Waals surface area contributed by atoms with Gasteiger partial charge in [-0.25, -0.2) is 0 Å². The molecule has 2 aromatic carbocycles. The molecular formula is C18H20Cl2LiO2P. The summed E-state index contributed by atoms with van der Waals surface area (Å²) < 4.78 is 5.68. The van der Waals surface area contributed by atoms with Crippen molar-refractivity contribution in [3.05, 3.63) is 58.1 Å². The minimum absolute atomic E-state index is 0. The van der Waals surface area contributed by atoms with Crippen molar-refractivity contribution in [1.82, 2.24) is 0 Å². The van der Waals surface area contributed by atoms with E-state index >= 15 is 0 Å². The van der Waals surface area contributed by atoms with Gasteiger partial charge in [-0.1, -0.05) is 55.2 Å². The van der Waals surface area contributed by atoms with Crippen molar-refractivity contribution in [3.8, 4) is 5.75 Å². The topological polar surface area (TPSA) is 26.3 Å². The number of hydrogen-bond acceptors (Lipinski definition) is 2. The Labute approximate surface area is 167 Å². The van der Waals surface area contributed by atoms with Crippen LogP contribution in [-0.4, -0.2) is 31.0 Å². The van der Waals surface area contributed by atoms with Gasteiger partial charge in [-0.2, -0.15) is 0 Å². The first kappa shape index (κ1) is 21.6. The summed E-state index contributed by atoms with van der Waals surface area (Å²) in [6, 6.07) is 12.7. The third kappa shape index (κ3) is 6.44. The Balaban J connectivity index is 0.00000288. The summed E-state index contributed by atoms with van der Waals surface area (Å²) in [6.07, 6.45) is 1.02. The summed E-state index contributed by atoms with van der Waals surface area (Å²) in [7, 11) is -0.0202. The molecule has 6 heteroatoms. The summed E-state index contributed by atoms with van der Waals surface area (Å²) in [5.41, 5.74) is 0.334. The fourth-order valence-corrected chi connectivity index (χ4v) is 3.67. The molecule has 0 saturated carbocycles. The average Bonchev–Trinajstić information content (AvgIpc) is 2.48. The molecule has 24 heavy (non-hydrogen) atoms. The van der Waals surface area contributed by atoms with E-state index in [1.54, 1.807) is 18.2 Å². The quantitative estimate of drug-likeness (QED) is 0.506. The van der Waals surface area contributed by atoms with Crippen LogP contribution < -0.4 is 10.0 Å². The zero-order valence-electron chi connectivity index (χ0n) is 13.1. The van der Waals surface area contributed by atoms with Crippen molar-refractivity contribution >= 4 is 61.5 Å². The fraction of sp³-hybridized carbons (Fsp3) is 0.278. The van der Waals surface area contributed by atoms with Gasteiger partial charge in [0.1, 0.15) is 5.75 Å². The minimum atomic E-state index is -0.0610. The second-order valence-corrected chi connectivity index (χ2v) is 7.70. The average molecular weight is 377 g/mol. The van der Waals surface area contributed by atoms with Crippen molar-refractivity contribution in [3.63, 3.8) is 0 Å². The van der Waals surface area contributed by atoms with Gasteiger partial charge < -0.3 is 4.74 Å². The summed E-state index contributed by atoms with van der Waals surface area (Å²) in [6.45, 7) is 5.03. The molecule has 0 saturated heterocycles. The Morgan fingerprint density at radius 2 is 1.67 bits per heavy atom. The van der Waals surface area contributed by atoms with Gasteiger partial charge >= 0.3 is 18.9 Å².